The predicted octanol–water partition coefficient (Wildman–Crippen LogP) is 3.15. The highest BCUT2D eigenvalue weighted by Gasteiger charge is 2.23. The first-order valence-electron chi connectivity index (χ1n) is 6.63. The van der Waals surface area contributed by atoms with Gasteiger partial charge in [0, 0.05) is 16.6 Å². The molecule has 2 aromatic rings. The number of carbonyl (C=O) groups is 1. The zero-order chi connectivity index (χ0) is 13.9. The van der Waals surface area contributed by atoms with E-state index in [9.17, 15) is 4.79 Å². The lowest BCUT2D eigenvalue weighted by Gasteiger charge is -2.12. The SMILES string of the molecule is Nc1ccc2c(c1)CCC2NC(=O)C=Cc1cccs1. The molecule has 0 aliphatic heterocycles. The van der Waals surface area contributed by atoms with Gasteiger partial charge in [-0.15, -0.1) is 11.3 Å². The number of nitrogen functional groups attached to an aromatic ring is 1. The number of thiophene rings is 1. The predicted molar refractivity (Wildman–Crippen MR) is 83.4 cm³/mol. The van der Waals surface area contributed by atoms with Crippen molar-refractivity contribution in [2.75, 3.05) is 5.73 Å². The third kappa shape index (κ3) is 2.75. The maximum atomic E-state index is 12.0. The minimum atomic E-state index is -0.0481. The zero-order valence-electron chi connectivity index (χ0n) is 11.0. The van der Waals surface area contributed by atoms with Crippen molar-refractivity contribution in [1.82, 2.24) is 5.32 Å². The highest BCUT2D eigenvalue weighted by Crippen LogP contribution is 2.32. The Labute approximate surface area is 122 Å². The van der Waals surface area contributed by atoms with Crippen LogP contribution in [0.15, 0.2) is 41.8 Å². The number of anilines is 1. The van der Waals surface area contributed by atoms with Gasteiger partial charge in [-0.05, 0) is 53.6 Å². The molecule has 0 saturated carbocycles. The molecule has 4 heteroatoms. The normalized spacial score (nSPS) is 17.3. The molecular weight excluding hydrogens is 268 g/mol. The van der Waals surface area contributed by atoms with Gasteiger partial charge < -0.3 is 11.1 Å². The number of carbonyl (C=O) groups excluding carboxylic acids is 1. The van der Waals surface area contributed by atoms with Crippen LogP contribution in [0.1, 0.15) is 28.5 Å². The Morgan fingerprint density at radius 1 is 1.40 bits per heavy atom. The van der Waals surface area contributed by atoms with Crippen LogP contribution in [0.4, 0.5) is 5.69 Å². The number of aryl methyl sites for hydroxylation is 1. The maximum absolute atomic E-state index is 12.0. The van der Waals surface area contributed by atoms with Gasteiger partial charge in [0.1, 0.15) is 0 Å². The van der Waals surface area contributed by atoms with E-state index in [-0.39, 0.29) is 11.9 Å². The van der Waals surface area contributed by atoms with Crippen molar-refractivity contribution in [2.45, 2.75) is 18.9 Å². The van der Waals surface area contributed by atoms with E-state index in [0.717, 1.165) is 23.4 Å². The zero-order valence-corrected chi connectivity index (χ0v) is 11.8. The van der Waals surface area contributed by atoms with Gasteiger partial charge in [0.15, 0.2) is 0 Å². The fraction of sp³-hybridized carbons (Fsp3) is 0.188. The summed E-state index contributed by atoms with van der Waals surface area (Å²) in [5, 5.41) is 5.05. The molecule has 1 aliphatic carbocycles. The summed E-state index contributed by atoms with van der Waals surface area (Å²) < 4.78 is 0. The number of rotatable bonds is 3. The van der Waals surface area contributed by atoms with Gasteiger partial charge in [0.2, 0.25) is 5.91 Å². The molecule has 0 fully saturated rings. The summed E-state index contributed by atoms with van der Waals surface area (Å²) in [6.07, 6.45) is 5.36. The monoisotopic (exact) mass is 284 g/mol. The summed E-state index contributed by atoms with van der Waals surface area (Å²) in [5.41, 5.74) is 9.01. The van der Waals surface area contributed by atoms with Gasteiger partial charge in [-0.1, -0.05) is 12.1 Å². The van der Waals surface area contributed by atoms with Crippen molar-refractivity contribution in [3.8, 4) is 0 Å². The van der Waals surface area contributed by atoms with E-state index in [1.165, 1.54) is 11.1 Å². The van der Waals surface area contributed by atoms with Crippen LogP contribution in [0.3, 0.4) is 0 Å². The standard InChI is InChI=1S/C16H16N2OS/c17-12-4-6-14-11(10-12)3-7-15(14)18-16(19)8-5-13-2-1-9-20-13/h1-2,4-6,8-10,15H,3,7,17H2,(H,18,19). The van der Waals surface area contributed by atoms with E-state index in [2.05, 4.69) is 5.32 Å². The number of fused-ring (bicyclic) bond motifs is 1. The lowest BCUT2D eigenvalue weighted by molar-refractivity contribution is -0.117. The van der Waals surface area contributed by atoms with Gasteiger partial charge in [-0.2, -0.15) is 0 Å². The number of nitrogens with two attached hydrogens (primary N) is 1. The largest absolute Gasteiger partial charge is 0.399 e. The maximum Gasteiger partial charge on any atom is 0.244 e. The Morgan fingerprint density at radius 3 is 3.10 bits per heavy atom. The van der Waals surface area contributed by atoms with Crippen LogP contribution in [0.2, 0.25) is 0 Å². The first-order valence-corrected chi connectivity index (χ1v) is 7.51. The van der Waals surface area contributed by atoms with E-state index in [1.54, 1.807) is 17.4 Å². The topological polar surface area (TPSA) is 55.1 Å². The molecule has 1 amide bonds. The first-order chi connectivity index (χ1) is 9.72. The first kappa shape index (κ1) is 12.9. The summed E-state index contributed by atoms with van der Waals surface area (Å²) in [7, 11) is 0. The molecule has 0 bridgehead atoms. The molecule has 1 aromatic heterocycles. The number of benzene rings is 1. The Kier molecular flexibility index (Phi) is 3.56. The van der Waals surface area contributed by atoms with Crippen LogP contribution in [-0.4, -0.2) is 5.91 Å². The summed E-state index contributed by atoms with van der Waals surface area (Å²) in [4.78, 5) is 13.0. The molecule has 1 unspecified atom stereocenters. The fourth-order valence-corrected chi connectivity index (χ4v) is 3.17. The second-order valence-electron chi connectivity index (χ2n) is 4.91. The lowest BCUT2D eigenvalue weighted by Crippen LogP contribution is -2.25. The molecule has 1 aliphatic rings. The van der Waals surface area contributed by atoms with E-state index in [4.69, 9.17) is 5.73 Å². The molecule has 102 valence electrons. The highest BCUT2D eigenvalue weighted by molar-refractivity contribution is 7.10. The Hall–Kier alpha value is -2.07. The Balaban J connectivity index is 1.66. The highest BCUT2D eigenvalue weighted by atomic mass is 32.1. The van der Waals surface area contributed by atoms with Crippen molar-refractivity contribution in [3.63, 3.8) is 0 Å². The van der Waals surface area contributed by atoms with Crippen LogP contribution >= 0.6 is 11.3 Å². The Bertz CT molecular complexity index is 647. The summed E-state index contributed by atoms with van der Waals surface area (Å²) in [6.45, 7) is 0. The second kappa shape index (κ2) is 5.51. The number of hydrogen-bond acceptors (Lipinski definition) is 3. The lowest BCUT2D eigenvalue weighted by atomic mass is 10.1. The van der Waals surface area contributed by atoms with Gasteiger partial charge in [0.25, 0.3) is 0 Å². The summed E-state index contributed by atoms with van der Waals surface area (Å²) in [6, 6.07) is 9.98. The molecule has 3 N–H and O–H groups in total. The number of hydrogen-bond donors (Lipinski definition) is 2. The molecule has 1 aromatic carbocycles. The van der Waals surface area contributed by atoms with Crippen molar-refractivity contribution in [2.24, 2.45) is 0 Å². The van der Waals surface area contributed by atoms with Gasteiger partial charge in [0.05, 0.1) is 6.04 Å². The molecule has 0 spiro atoms. The van der Waals surface area contributed by atoms with Crippen LogP contribution < -0.4 is 11.1 Å². The van der Waals surface area contributed by atoms with Crippen molar-refractivity contribution >= 4 is 29.0 Å². The van der Waals surface area contributed by atoms with Gasteiger partial charge in [-0.3, -0.25) is 4.79 Å². The molecule has 0 radical (unpaired) electrons. The van der Waals surface area contributed by atoms with Gasteiger partial charge in [-0.25, -0.2) is 0 Å². The summed E-state index contributed by atoms with van der Waals surface area (Å²) in [5.74, 6) is -0.0481. The third-order valence-electron chi connectivity index (χ3n) is 3.50. The third-order valence-corrected chi connectivity index (χ3v) is 4.34. The van der Waals surface area contributed by atoms with Crippen molar-refractivity contribution in [1.29, 1.82) is 0 Å². The van der Waals surface area contributed by atoms with Crippen LogP contribution in [0.25, 0.3) is 6.08 Å². The number of amides is 1. The molecule has 3 rings (SSSR count). The Morgan fingerprint density at radius 2 is 2.30 bits per heavy atom. The average Bonchev–Trinajstić information content (AvgIpc) is 3.06. The number of nitrogens with one attached hydrogen (secondary N) is 1. The van der Waals surface area contributed by atoms with E-state index in [0.29, 0.717) is 0 Å². The molecule has 1 heterocycles. The quantitative estimate of drug-likeness (QED) is 0.672. The molecule has 20 heavy (non-hydrogen) atoms. The molecule has 0 saturated heterocycles. The molecular formula is C16H16N2OS. The van der Waals surface area contributed by atoms with E-state index < -0.39 is 0 Å². The molecule has 3 nitrogen and oxygen atoms in total. The van der Waals surface area contributed by atoms with E-state index >= 15 is 0 Å². The summed E-state index contributed by atoms with van der Waals surface area (Å²) >= 11 is 1.62. The van der Waals surface area contributed by atoms with Gasteiger partial charge >= 0.3 is 0 Å². The fourth-order valence-electron chi connectivity index (χ4n) is 2.55. The molecule has 1 atom stereocenters. The minimum Gasteiger partial charge on any atom is -0.399 e. The minimum absolute atomic E-state index is 0.0481. The average molecular weight is 284 g/mol. The van der Waals surface area contributed by atoms with Crippen LogP contribution in [-0.2, 0) is 11.2 Å². The smallest absolute Gasteiger partial charge is 0.244 e. The van der Waals surface area contributed by atoms with Crippen molar-refractivity contribution < 1.29 is 4.79 Å². The van der Waals surface area contributed by atoms with E-state index in [1.807, 2.05) is 41.8 Å². The van der Waals surface area contributed by atoms with Crippen LogP contribution in [0, 0.1) is 0 Å². The van der Waals surface area contributed by atoms with Crippen molar-refractivity contribution in [3.05, 3.63) is 57.8 Å². The van der Waals surface area contributed by atoms with Crippen LogP contribution in [0.5, 0.6) is 0 Å². The second-order valence-corrected chi connectivity index (χ2v) is 5.89.